The summed E-state index contributed by atoms with van der Waals surface area (Å²) < 4.78 is 36.1. The van der Waals surface area contributed by atoms with E-state index < -0.39 is 93.9 Å². The highest BCUT2D eigenvalue weighted by atomic mass is 16.6. The van der Waals surface area contributed by atoms with Crippen LogP contribution < -0.4 is 5.32 Å². The standard InChI is InChI=1S/C49H62N2O13/c1-29-34(61-43(56)38(53)37(31-15-11-9-12-16-31)50-44(57)64-45(3,4)5)27-49(58)41(62-42(55)32-17-13-10-14-18-32)39-47(8,21-19-35-48(39,28-60-35)63-30(2)52)40(54)33(36(29)46(49,6)7)20-22-51-23-25-59-26-24-51/h9-19,21,33-35,37-39,41,53,58H,20,22-28H2,1-8H3,(H,50,57)/t33-,34+,35-,37+,38-,39?,41+,47-,48+,49-/m1/s1. The number of fused-ring (bicyclic) bond motifs is 5. The Balaban J connectivity index is 1.38. The Hall–Kier alpha value is -4.93. The number of aliphatic hydroxyl groups excluding tert-OH is 1. The minimum atomic E-state index is -2.14. The Morgan fingerprint density at radius 2 is 1.61 bits per heavy atom. The summed E-state index contributed by atoms with van der Waals surface area (Å²) >= 11 is 0. The van der Waals surface area contributed by atoms with Crippen LogP contribution in [0.4, 0.5) is 4.79 Å². The second kappa shape index (κ2) is 17.8. The fourth-order valence-corrected chi connectivity index (χ4v) is 10.8. The van der Waals surface area contributed by atoms with Crippen molar-refractivity contribution in [3.05, 3.63) is 95.1 Å². The highest BCUT2D eigenvalue weighted by Gasteiger charge is 2.75. The number of ketones is 1. The van der Waals surface area contributed by atoms with Crippen molar-refractivity contribution in [2.75, 3.05) is 39.5 Å². The maximum atomic E-state index is 15.9. The fourth-order valence-electron chi connectivity index (χ4n) is 10.8. The molecule has 15 heteroatoms. The first-order chi connectivity index (χ1) is 30.1. The molecule has 2 saturated heterocycles. The van der Waals surface area contributed by atoms with Gasteiger partial charge in [0.05, 0.1) is 42.8 Å². The molecule has 2 aromatic carbocycles. The number of rotatable bonds is 11. The second-order valence-electron chi connectivity index (χ2n) is 19.5. The minimum Gasteiger partial charge on any atom is -0.456 e. The number of hydrogen-bond donors (Lipinski definition) is 3. The largest absolute Gasteiger partial charge is 0.456 e. The van der Waals surface area contributed by atoms with Crippen molar-refractivity contribution in [2.45, 2.75) is 115 Å². The number of alkyl carbamates (subject to hydrolysis) is 1. The number of nitrogens with zero attached hydrogens (tertiary/aromatic N) is 1. The van der Waals surface area contributed by atoms with Gasteiger partial charge in [0.15, 0.2) is 11.7 Å². The van der Waals surface area contributed by atoms with Gasteiger partial charge in [-0.1, -0.05) is 74.5 Å². The van der Waals surface area contributed by atoms with E-state index in [9.17, 15) is 29.4 Å². The monoisotopic (exact) mass is 886 g/mol. The summed E-state index contributed by atoms with van der Waals surface area (Å²) in [5.41, 5.74) is -5.90. The SMILES string of the molecule is CC(=O)O[C@@]12CO[C@@H]1C=C[C@@]1(C)C(=O)[C@H](CCN3CCOCC3)C3=C(C)[C@@H](OC(=O)[C@H](O)[C@@H](NC(=O)OC(C)(C)C)c4ccccc4)C[C@@](O)([C@@H](OC(=O)c4ccccc4)C12)C3(C)C. The molecule has 3 fully saturated rings. The van der Waals surface area contributed by atoms with Gasteiger partial charge in [0.25, 0.3) is 0 Å². The number of amides is 1. The summed E-state index contributed by atoms with van der Waals surface area (Å²) in [4.78, 5) is 73.2. The van der Waals surface area contributed by atoms with Gasteiger partial charge in [0, 0.05) is 37.8 Å². The van der Waals surface area contributed by atoms with Crippen LogP contribution in [-0.4, -0.2) is 126 Å². The van der Waals surface area contributed by atoms with Crippen molar-refractivity contribution < 1.29 is 62.6 Å². The first-order valence-electron chi connectivity index (χ1n) is 22.1. The lowest BCUT2D eigenvalue weighted by Crippen LogP contribution is -2.78. The maximum absolute atomic E-state index is 15.9. The van der Waals surface area contributed by atoms with Crippen molar-refractivity contribution >= 4 is 29.8 Å². The van der Waals surface area contributed by atoms with Crippen LogP contribution in [0.1, 0.15) is 90.2 Å². The Morgan fingerprint density at radius 1 is 0.969 bits per heavy atom. The van der Waals surface area contributed by atoms with E-state index in [0.29, 0.717) is 56.0 Å². The van der Waals surface area contributed by atoms with Crippen LogP contribution in [0.5, 0.6) is 0 Å². The molecule has 2 aromatic rings. The van der Waals surface area contributed by atoms with Crippen LogP contribution in [0.25, 0.3) is 0 Å². The zero-order valence-corrected chi connectivity index (χ0v) is 38.0. The Labute approximate surface area is 374 Å². The van der Waals surface area contributed by atoms with Gasteiger partial charge in [0.1, 0.15) is 35.3 Å². The number of hydrogen-bond acceptors (Lipinski definition) is 14. The minimum absolute atomic E-state index is 0.151. The van der Waals surface area contributed by atoms with Gasteiger partial charge in [-0.3, -0.25) is 14.5 Å². The van der Waals surface area contributed by atoms with E-state index in [0.717, 1.165) is 0 Å². The van der Waals surface area contributed by atoms with Gasteiger partial charge in [-0.25, -0.2) is 14.4 Å². The summed E-state index contributed by atoms with van der Waals surface area (Å²) in [6.45, 7) is 16.1. The summed E-state index contributed by atoms with van der Waals surface area (Å²) in [5, 5.41) is 28.4. The van der Waals surface area contributed by atoms with Gasteiger partial charge < -0.3 is 44.0 Å². The number of esters is 3. The lowest BCUT2D eigenvalue weighted by molar-refractivity contribution is -0.306. The first-order valence-corrected chi connectivity index (χ1v) is 22.1. The van der Waals surface area contributed by atoms with Crippen LogP contribution in [-0.2, 0) is 42.8 Å². The number of aliphatic hydroxyl groups is 2. The van der Waals surface area contributed by atoms with Crippen molar-refractivity contribution in [3.8, 4) is 0 Å². The third-order valence-corrected chi connectivity index (χ3v) is 14.0. The van der Waals surface area contributed by atoms with Crippen LogP contribution in [0.2, 0.25) is 0 Å². The highest BCUT2D eigenvalue weighted by molar-refractivity contribution is 5.93. The average molecular weight is 887 g/mol. The molecule has 7 rings (SSSR count). The molecule has 0 radical (unpaired) electrons. The van der Waals surface area contributed by atoms with Gasteiger partial charge in [0.2, 0.25) is 0 Å². The Bertz CT molecular complexity index is 2160. The van der Waals surface area contributed by atoms with Crippen LogP contribution in [0.3, 0.4) is 0 Å². The Morgan fingerprint density at radius 3 is 2.20 bits per heavy atom. The second-order valence-corrected chi connectivity index (χ2v) is 19.5. The van der Waals surface area contributed by atoms with Gasteiger partial charge in [-0.2, -0.15) is 0 Å². The third kappa shape index (κ3) is 8.64. The fraction of sp³-hybridized carbons (Fsp3) is 0.571. The van der Waals surface area contributed by atoms with E-state index >= 15 is 4.79 Å². The van der Waals surface area contributed by atoms with E-state index in [1.165, 1.54) is 6.92 Å². The molecular weight excluding hydrogens is 825 g/mol. The lowest BCUT2D eigenvalue weighted by Gasteiger charge is -2.65. The number of benzene rings is 2. The average Bonchev–Trinajstić information content (AvgIpc) is 3.23. The number of morpholine rings is 1. The zero-order valence-electron chi connectivity index (χ0n) is 38.0. The summed E-state index contributed by atoms with van der Waals surface area (Å²) in [5.74, 6) is -4.94. The zero-order chi connectivity index (χ0) is 46.4. The van der Waals surface area contributed by atoms with Crippen molar-refractivity contribution in [1.82, 2.24) is 10.2 Å². The van der Waals surface area contributed by atoms with Crippen LogP contribution >= 0.6 is 0 Å². The number of carbonyl (C=O) groups is 5. The predicted octanol–water partition coefficient (Wildman–Crippen LogP) is 5.04. The molecule has 346 valence electrons. The first kappa shape index (κ1) is 47.0. The normalized spacial score (nSPS) is 32.0. The van der Waals surface area contributed by atoms with E-state index in [1.807, 2.05) is 0 Å². The van der Waals surface area contributed by atoms with Gasteiger partial charge in [-0.05, 0) is 76.4 Å². The molecule has 5 aliphatic rings. The number of Topliss-reactive ketones (excluding diaryl/α,β-unsaturated/α-hetero) is 1. The van der Waals surface area contributed by atoms with E-state index in [2.05, 4.69) is 10.2 Å². The Kier molecular flexibility index (Phi) is 13.1. The van der Waals surface area contributed by atoms with Crippen LogP contribution in [0, 0.1) is 22.7 Å². The van der Waals surface area contributed by atoms with Gasteiger partial charge in [-0.15, -0.1) is 0 Å². The van der Waals surface area contributed by atoms with Gasteiger partial charge >= 0.3 is 24.0 Å². The summed E-state index contributed by atoms with van der Waals surface area (Å²) in [6, 6.07) is 15.3. The van der Waals surface area contributed by atoms with Crippen molar-refractivity contribution in [1.29, 1.82) is 0 Å². The molecule has 0 aromatic heterocycles. The van der Waals surface area contributed by atoms with Crippen molar-refractivity contribution in [2.24, 2.45) is 22.7 Å². The molecular formula is C49H62N2O13. The molecule has 2 bridgehead atoms. The van der Waals surface area contributed by atoms with E-state index in [4.69, 9.17) is 28.4 Å². The smallest absolute Gasteiger partial charge is 0.408 e. The molecule has 64 heavy (non-hydrogen) atoms. The van der Waals surface area contributed by atoms with Crippen LogP contribution in [0.15, 0.2) is 84.0 Å². The lowest BCUT2D eigenvalue weighted by atomic mass is 9.45. The molecule has 10 atom stereocenters. The molecule has 1 saturated carbocycles. The maximum Gasteiger partial charge on any atom is 0.408 e. The molecule has 3 aliphatic carbocycles. The molecule has 2 aliphatic heterocycles. The number of nitrogens with one attached hydrogen (secondary N) is 1. The quantitative estimate of drug-likeness (QED) is 0.154. The number of carbonyl (C=O) groups excluding carboxylic acids is 5. The topological polar surface area (TPSA) is 196 Å². The molecule has 2 heterocycles. The molecule has 3 N–H and O–H groups in total. The van der Waals surface area contributed by atoms with E-state index in [1.54, 1.807) is 121 Å². The molecule has 1 amide bonds. The number of ether oxygens (including phenoxy) is 6. The van der Waals surface area contributed by atoms with E-state index in [-0.39, 0.29) is 24.4 Å². The summed E-state index contributed by atoms with van der Waals surface area (Å²) in [7, 11) is 0. The number of allylic oxidation sites excluding steroid dienone is 1. The molecule has 0 spiro atoms. The predicted molar refractivity (Wildman–Crippen MR) is 231 cm³/mol. The third-order valence-electron chi connectivity index (χ3n) is 14.0. The van der Waals surface area contributed by atoms with Crippen molar-refractivity contribution in [3.63, 3.8) is 0 Å². The summed E-state index contributed by atoms with van der Waals surface area (Å²) in [6.07, 6.45) is -3.17. The highest BCUT2D eigenvalue weighted by Crippen LogP contribution is 2.64. The molecule has 15 nitrogen and oxygen atoms in total. The molecule has 1 unspecified atom stereocenters.